The highest BCUT2D eigenvalue weighted by atomic mass is 16.5. The number of aliphatic carboxylic acids is 1. The maximum atomic E-state index is 11.9. The minimum atomic E-state index is -1.06. The molecule has 2 rings (SSSR count). The topological polar surface area (TPSA) is 88.5 Å². The van der Waals surface area contributed by atoms with Crippen molar-refractivity contribution in [2.45, 2.75) is 19.4 Å². The van der Waals surface area contributed by atoms with Crippen LogP contribution in [0, 0.1) is 5.41 Å². The van der Waals surface area contributed by atoms with E-state index in [1.807, 2.05) is 0 Å². The second kappa shape index (κ2) is 5.36. The minimum Gasteiger partial charge on any atom is -0.481 e. The van der Waals surface area contributed by atoms with Gasteiger partial charge in [0.2, 0.25) is 5.91 Å². The number of carbonyl (C=O) groups is 2. The van der Waals surface area contributed by atoms with E-state index in [2.05, 4.69) is 10.3 Å². The van der Waals surface area contributed by atoms with Crippen molar-refractivity contribution < 1.29 is 19.4 Å². The van der Waals surface area contributed by atoms with E-state index in [1.54, 1.807) is 31.5 Å². The SMILES string of the molecule is CC1(C(=O)O)COCC1NC(=O)Cc1ccncc1. The maximum Gasteiger partial charge on any atom is 0.313 e. The Bertz CT molecular complexity index is 477. The lowest BCUT2D eigenvalue weighted by Crippen LogP contribution is -2.50. The van der Waals surface area contributed by atoms with Gasteiger partial charge in [0.05, 0.1) is 25.7 Å². The number of carboxylic acid groups (broad SMARTS) is 1. The summed E-state index contributed by atoms with van der Waals surface area (Å²) in [5, 5.41) is 11.9. The van der Waals surface area contributed by atoms with Gasteiger partial charge in [-0.05, 0) is 24.6 Å². The molecule has 102 valence electrons. The smallest absolute Gasteiger partial charge is 0.313 e. The molecule has 1 aromatic heterocycles. The number of rotatable bonds is 4. The monoisotopic (exact) mass is 264 g/mol. The van der Waals surface area contributed by atoms with Crippen LogP contribution in [0.3, 0.4) is 0 Å². The van der Waals surface area contributed by atoms with Crippen LogP contribution >= 0.6 is 0 Å². The zero-order valence-electron chi connectivity index (χ0n) is 10.6. The fraction of sp³-hybridized carbons (Fsp3) is 0.462. The van der Waals surface area contributed by atoms with Gasteiger partial charge in [-0.25, -0.2) is 0 Å². The molecule has 0 bridgehead atoms. The Balaban J connectivity index is 1.97. The standard InChI is InChI=1S/C13H16N2O4/c1-13(12(17)18)8-19-7-10(13)15-11(16)6-9-2-4-14-5-3-9/h2-5,10H,6-8H2,1H3,(H,15,16)(H,17,18). The van der Waals surface area contributed by atoms with Crippen molar-refractivity contribution >= 4 is 11.9 Å². The van der Waals surface area contributed by atoms with E-state index in [0.29, 0.717) is 0 Å². The number of carboxylic acids is 1. The molecule has 0 aliphatic carbocycles. The molecule has 2 atom stereocenters. The predicted molar refractivity (Wildman–Crippen MR) is 66.4 cm³/mol. The average molecular weight is 264 g/mol. The zero-order valence-corrected chi connectivity index (χ0v) is 10.6. The third kappa shape index (κ3) is 2.90. The Morgan fingerprint density at radius 3 is 2.84 bits per heavy atom. The summed E-state index contributed by atoms with van der Waals surface area (Å²) < 4.78 is 5.18. The first kappa shape index (κ1) is 13.5. The molecule has 1 aliphatic rings. The number of hydrogen-bond donors (Lipinski definition) is 2. The van der Waals surface area contributed by atoms with Gasteiger partial charge in [0.25, 0.3) is 0 Å². The molecule has 0 saturated carbocycles. The van der Waals surface area contributed by atoms with E-state index in [1.165, 1.54) is 0 Å². The van der Waals surface area contributed by atoms with E-state index >= 15 is 0 Å². The van der Waals surface area contributed by atoms with Gasteiger partial charge in [-0.15, -0.1) is 0 Å². The fourth-order valence-corrected chi connectivity index (χ4v) is 2.02. The van der Waals surface area contributed by atoms with E-state index < -0.39 is 17.4 Å². The molecule has 0 aromatic carbocycles. The second-order valence-electron chi connectivity index (χ2n) is 4.89. The summed E-state index contributed by atoms with van der Waals surface area (Å²) in [6.45, 7) is 1.92. The van der Waals surface area contributed by atoms with Crippen molar-refractivity contribution in [2.24, 2.45) is 5.41 Å². The molecule has 2 heterocycles. The fourth-order valence-electron chi connectivity index (χ4n) is 2.02. The van der Waals surface area contributed by atoms with Crippen LogP contribution in [0.25, 0.3) is 0 Å². The average Bonchev–Trinajstić information content (AvgIpc) is 2.73. The lowest BCUT2D eigenvalue weighted by Gasteiger charge is -2.25. The van der Waals surface area contributed by atoms with Crippen LogP contribution in [0.2, 0.25) is 0 Å². The molecule has 1 aromatic rings. The first-order valence-electron chi connectivity index (χ1n) is 6.02. The number of nitrogens with zero attached hydrogens (tertiary/aromatic N) is 1. The van der Waals surface area contributed by atoms with E-state index in [-0.39, 0.29) is 25.5 Å². The number of carbonyl (C=O) groups excluding carboxylic acids is 1. The normalized spacial score (nSPS) is 26.1. The Kier molecular flexibility index (Phi) is 3.80. The van der Waals surface area contributed by atoms with Crippen molar-refractivity contribution in [1.82, 2.24) is 10.3 Å². The third-order valence-corrected chi connectivity index (χ3v) is 3.39. The lowest BCUT2D eigenvalue weighted by atomic mass is 9.85. The Hall–Kier alpha value is -1.95. The molecule has 6 heteroatoms. The lowest BCUT2D eigenvalue weighted by molar-refractivity contribution is -0.149. The molecule has 2 unspecified atom stereocenters. The van der Waals surface area contributed by atoms with E-state index in [0.717, 1.165) is 5.56 Å². The Morgan fingerprint density at radius 1 is 1.53 bits per heavy atom. The van der Waals surface area contributed by atoms with Gasteiger partial charge < -0.3 is 15.2 Å². The Morgan fingerprint density at radius 2 is 2.21 bits per heavy atom. The van der Waals surface area contributed by atoms with Gasteiger partial charge in [0.15, 0.2) is 0 Å². The zero-order chi connectivity index (χ0) is 13.9. The summed E-state index contributed by atoms with van der Waals surface area (Å²) in [5.74, 6) is -1.17. The highest BCUT2D eigenvalue weighted by Gasteiger charge is 2.47. The Labute approximate surface area is 110 Å². The number of aromatic nitrogens is 1. The highest BCUT2D eigenvalue weighted by Crippen LogP contribution is 2.28. The van der Waals surface area contributed by atoms with Crippen molar-refractivity contribution in [3.8, 4) is 0 Å². The summed E-state index contributed by atoms with van der Waals surface area (Å²) in [6.07, 6.45) is 3.43. The molecule has 0 spiro atoms. The van der Waals surface area contributed by atoms with Crippen LogP contribution in [0.1, 0.15) is 12.5 Å². The molecular formula is C13H16N2O4. The van der Waals surface area contributed by atoms with Crippen LogP contribution < -0.4 is 5.32 Å². The maximum absolute atomic E-state index is 11.9. The molecule has 2 N–H and O–H groups in total. The summed E-state index contributed by atoms with van der Waals surface area (Å²) in [4.78, 5) is 27.0. The van der Waals surface area contributed by atoms with Crippen molar-refractivity contribution in [1.29, 1.82) is 0 Å². The third-order valence-electron chi connectivity index (χ3n) is 3.39. The van der Waals surface area contributed by atoms with Crippen LogP contribution in [-0.4, -0.2) is 41.2 Å². The molecule has 0 radical (unpaired) electrons. The number of pyridine rings is 1. The molecule has 19 heavy (non-hydrogen) atoms. The van der Waals surface area contributed by atoms with E-state index in [4.69, 9.17) is 4.74 Å². The molecular weight excluding hydrogens is 248 g/mol. The largest absolute Gasteiger partial charge is 0.481 e. The van der Waals surface area contributed by atoms with Crippen LogP contribution in [0.5, 0.6) is 0 Å². The second-order valence-corrected chi connectivity index (χ2v) is 4.89. The number of hydrogen-bond acceptors (Lipinski definition) is 4. The van der Waals surface area contributed by atoms with Gasteiger partial charge in [-0.1, -0.05) is 0 Å². The first-order valence-corrected chi connectivity index (χ1v) is 6.02. The molecule has 1 fully saturated rings. The summed E-state index contributed by atoms with van der Waals surface area (Å²) in [5.41, 5.74) is -0.225. The van der Waals surface area contributed by atoms with Crippen LogP contribution in [0.4, 0.5) is 0 Å². The van der Waals surface area contributed by atoms with Gasteiger partial charge in [0, 0.05) is 12.4 Å². The first-order chi connectivity index (χ1) is 9.02. The summed E-state index contributed by atoms with van der Waals surface area (Å²) in [7, 11) is 0. The highest BCUT2D eigenvalue weighted by molar-refractivity contribution is 5.81. The summed E-state index contributed by atoms with van der Waals surface area (Å²) >= 11 is 0. The van der Waals surface area contributed by atoms with E-state index in [9.17, 15) is 14.7 Å². The predicted octanol–water partition coefficient (Wildman–Crippen LogP) is 0.230. The van der Waals surface area contributed by atoms with Crippen molar-refractivity contribution in [2.75, 3.05) is 13.2 Å². The quantitative estimate of drug-likeness (QED) is 0.812. The van der Waals surface area contributed by atoms with Crippen molar-refractivity contribution in [3.05, 3.63) is 30.1 Å². The van der Waals surface area contributed by atoms with Gasteiger partial charge >= 0.3 is 5.97 Å². The minimum absolute atomic E-state index is 0.114. The number of nitrogens with one attached hydrogen (secondary N) is 1. The van der Waals surface area contributed by atoms with Crippen molar-refractivity contribution in [3.63, 3.8) is 0 Å². The molecule has 1 saturated heterocycles. The molecule has 1 aliphatic heterocycles. The van der Waals surface area contributed by atoms with Crippen LogP contribution in [0.15, 0.2) is 24.5 Å². The number of ether oxygens (including phenoxy) is 1. The van der Waals surface area contributed by atoms with Gasteiger partial charge in [-0.2, -0.15) is 0 Å². The van der Waals surface area contributed by atoms with Gasteiger partial charge in [0.1, 0.15) is 5.41 Å². The molecule has 6 nitrogen and oxygen atoms in total. The summed E-state index contributed by atoms with van der Waals surface area (Å²) in [6, 6.07) is 3.00. The van der Waals surface area contributed by atoms with Gasteiger partial charge in [-0.3, -0.25) is 14.6 Å². The molecule has 1 amide bonds. The number of amides is 1. The van der Waals surface area contributed by atoms with Crippen LogP contribution in [-0.2, 0) is 20.7 Å².